The van der Waals surface area contributed by atoms with Gasteiger partial charge in [0.15, 0.2) is 0 Å². The second-order valence-corrected chi connectivity index (χ2v) is 9.63. The van der Waals surface area contributed by atoms with Gasteiger partial charge in [-0.2, -0.15) is 0 Å². The molecule has 0 heterocycles. The van der Waals surface area contributed by atoms with Gasteiger partial charge in [0.05, 0.1) is 14.1 Å². The van der Waals surface area contributed by atoms with Gasteiger partial charge in [-0.1, -0.05) is 110 Å². The quantitative estimate of drug-likeness (QED) is 0.115. The van der Waals surface area contributed by atoms with Gasteiger partial charge in [0.1, 0.15) is 0 Å². The lowest BCUT2D eigenvalue weighted by Gasteiger charge is -2.45. The molecule has 0 saturated carbocycles. The molecule has 0 fully saturated rings. The summed E-state index contributed by atoms with van der Waals surface area (Å²) in [5.74, 6) is -0.941. The third-order valence-electron chi connectivity index (χ3n) is 7.11. The molecule has 0 aromatic rings. The van der Waals surface area contributed by atoms with Gasteiger partial charge >= 0.3 is 12.4 Å². The molecule has 0 aliphatic rings. The maximum atomic E-state index is 12.0. The largest absolute Gasteiger partial charge is 0.477 e. The summed E-state index contributed by atoms with van der Waals surface area (Å²) in [5.41, 5.74) is -1.15. The van der Waals surface area contributed by atoms with Gasteiger partial charge in [0, 0.05) is 12.8 Å². The van der Waals surface area contributed by atoms with Crippen molar-refractivity contribution in [3.05, 3.63) is 0 Å². The number of carboxylic acid groups (broad SMARTS) is 1. The van der Waals surface area contributed by atoms with E-state index in [2.05, 4.69) is 6.92 Å². The number of rotatable bonds is 21. The summed E-state index contributed by atoms with van der Waals surface area (Å²) in [6.45, 7) is 4.09. The lowest BCUT2D eigenvalue weighted by Crippen LogP contribution is -2.68. The first-order valence-electron chi connectivity index (χ1n) is 12.7. The maximum absolute atomic E-state index is 12.0. The van der Waals surface area contributed by atoms with Crippen LogP contribution in [-0.2, 0) is 4.79 Å². The molecular formula is C25H52NO4+. The summed E-state index contributed by atoms with van der Waals surface area (Å²) in [6.07, 6.45) is 19.7. The smallest absolute Gasteiger partial charge is 0.365 e. The van der Waals surface area contributed by atoms with Gasteiger partial charge in [-0.3, -0.25) is 4.48 Å². The molecule has 3 N–H and O–H groups in total. The van der Waals surface area contributed by atoms with Gasteiger partial charge in [0.25, 0.3) is 0 Å². The van der Waals surface area contributed by atoms with Gasteiger partial charge in [-0.15, -0.1) is 0 Å². The van der Waals surface area contributed by atoms with Crippen LogP contribution in [0.3, 0.4) is 0 Å². The SMILES string of the molecule is CCCCCCCCCCCCCCCCCCC(CC)(C(=O)O)[N+](C)(C)C(O)O. The fourth-order valence-electron chi connectivity index (χ4n) is 4.56. The number of unbranched alkanes of at least 4 members (excludes halogenated alkanes) is 15. The van der Waals surface area contributed by atoms with Crippen molar-refractivity contribution in [1.82, 2.24) is 0 Å². The highest BCUT2D eigenvalue weighted by Gasteiger charge is 2.53. The van der Waals surface area contributed by atoms with Crippen LogP contribution in [-0.4, -0.2) is 51.8 Å². The Balaban J connectivity index is 3.78. The molecule has 0 radical (unpaired) electrons. The molecule has 1 unspecified atom stereocenters. The molecular weight excluding hydrogens is 378 g/mol. The molecule has 0 saturated heterocycles. The Bertz CT molecular complexity index is 425. The highest BCUT2D eigenvalue weighted by atomic mass is 16.5. The average Bonchev–Trinajstić information content (AvgIpc) is 2.70. The molecule has 30 heavy (non-hydrogen) atoms. The molecule has 1 atom stereocenters. The maximum Gasteiger partial charge on any atom is 0.365 e. The highest BCUT2D eigenvalue weighted by molar-refractivity contribution is 5.77. The van der Waals surface area contributed by atoms with Crippen LogP contribution in [0.5, 0.6) is 0 Å². The molecule has 180 valence electrons. The van der Waals surface area contributed by atoms with Crippen LogP contribution < -0.4 is 0 Å². The second kappa shape index (κ2) is 17.0. The predicted octanol–water partition coefficient (Wildman–Crippen LogP) is 6.22. The van der Waals surface area contributed by atoms with Gasteiger partial charge in [0.2, 0.25) is 5.54 Å². The number of aliphatic hydroxyl groups is 2. The van der Waals surface area contributed by atoms with Gasteiger partial charge < -0.3 is 15.3 Å². The summed E-state index contributed by atoms with van der Waals surface area (Å²) >= 11 is 0. The van der Waals surface area contributed by atoms with Crippen molar-refractivity contribution in [2.45, 2.75) is 141 Å². The van der Waals surface area contributed by atoms with E-state index in [9.17, 15) is 20.1 Å². The Kier molecular flexibility index (Phi) is 16.6. The van der Waals surface area contributed by atoms with Crippen LogP contribution in [0.25, 0.3) is 0 Å². The number of hydrogen-bond acceptors (Lipinski definition) is 3. The minimum atomic E-state index is -1.69. The Hall–Kier alpha value is -0.650. The zero-order chi connectivity index (χ0) is 22.9. The number of aliphatic carboxylic acids is 1. The molecule has 0 bridgehead atoms. The van der Waals surface area contributed by atoms with Gasteiger partial charge in [-0.25, -0.2) is 4.79 Å². The monoisotopic (exact) mass is 430 g/mol. The fourth-order valence-corrected chi connectivity index (χ4v) is 4.56. The van der Waals surface area contributed by atoms with E-state index in [-0.39, 0.29) is 4.48 Å². The molecule has 0 aromatic carbocycles. The minimum absolute atomic E-state index is 0.322. The standard InChI is InChI=1S/C25H51NO4/c1-5-7-8-9-10-11-12-13-14-15-16-17-18-19-20-21-22-25(6-2,23(27)28)26(3,4)24(29)30/h24,29-30H,5-22H2,1-4H3/p+1. The van der Waals surface area contributed by atoms with E-state index in [1.165, 1.54) is 83.5 Å². The van der Waals surface area contributed by atoms with E-state index in [4.69, 9.17) is 0 Å². The number of quaternary nitrogens is 1. The molecule has 5 heteroatoms. The first kappa shape index (κ1) is 29.4. The molecule has 0 aliphatic heterocycles. The van der Waals surface area contributed by atoms with Crippen molar-refractivity contribution < 1.29 is 24.6 Å². The van der Waals surface area contributed by atoms with E-state index >= 15 is 0 Å². The van der Waals surface area contributed by atoms with Crippen molar-refractivity contribution in [3.63, 3.8) is 0 Å². The van der Waals surface area contributed by atoms with Crippen LogP contribution in [0.15, 0.2) is 0 Å². The van der Waals surface area contributed by atoms with E-state index < -0.39 is 17.9 Å². The van der Waals surface area contributed by atoms with E-state index in [1.807, 2.05) is 6.92 Å². The Morgan fingerprint density at radius 1 is 0.700 bits per heavy atom. The zero-order valence-electron chi connectivity index (χ0n) is 20.5. The summed E-state index contributed by atoms with van der Waals surface area (Å²) in [5, 5.41) is 29.2. The first-order chi connectivity index (χ1) is 14.3. The highest BCUT2D eigenvalue weighted by Crippen LogP contribution is 2.33. The Labute approximate surface area is 186 Å². The van der Waals surface area contributed by atoms with E-state index in [0.717, 1.165) is 19.3 Å². The van der Waals surface area contributed by atoms with E-state index in [1.54, 1.807) is 14.1 Å². The molecule has 0 aromatic heterocycles. The van der Waals surface area contributed by atoms with E-state index in [0.29, 0.717) is 12.8 Å². The van der Waals surface area contributed by atoms with Crippen molar-refractivity contribution >= 4 is 5.97 Å². The third kappa shape index (κ3) is 10.6. The molecule has 5 nitrogen and oxygen atoms in total. The number of aliphatic hydroxyl groups excluding tert-OH is 1. The lowest BCUT2D eigenvalue weighted by atomic mass is 9.85. The van der Waals surface area contributed by atoms with Crippen LogP contribution in [0.1, 0.15) is 129 Å². The number of hydrogen-bond donors (Lipinski definition) is 3. The Morgan fingerprint density at radius 2 is 1.03 bits per heavy atom. The van der Waals surface area contributed by atoms with Gasteiger partial charge in [-0.05, 0) is 6.42 Å². The summed E-state index contributed by atoms with van der Waals surface area (Å²) < 4.78 is -0.322. The normalized spacial score (nSPS) is 14.2. The van der Waals surface area contributed by atoms with Crippen LogP contribution in [0.4, 0.5) is 0 Å². The number of nitrogens with zero attached hydrogens (tertiary/aromatic N) is 1. The molecule has 0 aliphatic carbocycles. The van der Waals surface area contributed by atoms with Crippen LogP contribution in [0.2, 0.25) is 0 Å². The van der Waals surface area contributed by atoms with Crippen molar-refractivity contribution in [1.29, 1.82) is 0 Å². The topological polar surface area (TPSA) is 77.8 Å². The fraction of sp³-hybridized carbons (Fsp3) is 0.960. The first-order valence-corrected chi connectivity index (χ1v) is 12.7. The number of likely N-dealkylation sites (N-methyl/N-ethyl adjacent to an activating group) is 1. The number of carboxylic acids is 1. The average molecular weight is 431 g/mol. The molecule has 0 rings (SSSR count). The van der Waals surface area contributed by atoms with Crippen LogP contribution >= 0.6 is 0 Å². The second-order valence-electron chi connectivity index (χ2n) is 9.63. The van der Waals surface area contributed by atoms with Crippen molar-refractivity contribution in [2.75, 3.05) is 14.1 Å². The predicted molar refractivity (Wildman–Crippen MR) is 125 cm³/mol. The molecule has 0 amide bonds. The minimum Gasteiger partial charge on any atom is -0.477 e. The van der Waals surface area contributed by atoms with Crippen molar-refractivity contribution in [2.24, 2.45) is 0 Å². The van der Waals surface area contributed by atoms with Crippen molar-refractivity contribution in [3.8, 4) is 0 Å². The third-order valence-corrected chi connectivity index (χ3v) is 7.11. The summed E-state index contributed by atoms with van der Waals surface area (Å²) in [7, 11) is 3.18. The van der Waals surface area contributed by atoms with Crippen LogP contribution in [0, 0.1) is 0 Å². The number of carbonyl (C=O) groups is 1. The Morgan fingerprint density at radius 3 is 1.30 bits per heavy atom. The molecule has 0 spiro atoms. The zero-order valence-corrected chi connectivity index (χ0v) is 20.5. The summed E-state index contributed by atoms with van der Waals surface area (Å²) in [4.78, 5) is 12.0. The summed E-state index contributed by atoms with van der Waals surface area (Å²) in [6, 6.07) is 0. The lowest BCUT2D eigenvalue weighted by molar-refractivity contribution is -0.997.